The second-order valence-electron chi connectivity index (χ2n) is 4.61. The van der Waals surface area contributed by atoms with Gasteiger partial charge in [-0.15, -0.1) is 0 Å². The Hall–Kier alpha value is -2.75. The van der Waals surface area contributed by atoms with Gasteiger partial charge in [-0.2, -0.15) is 0 Å². The van der Waals surface area contributed by atoms with Crippen LogP contribution in [0.4, 0.5) is 5.69 Å². The summed E-state index contributed by atoms with van der Waals surface area (Å²) in [6.07, 6.45) is 3.91. The molecule has 0 radical (unpaired) electrons. The first-order chi connectivity index (χ1) is 10.7. The van der Waals surface area contributed by atoms with Crippen LogP contribution in [-0.4, -0.2) is 19.6 Å². The average Bonchev–Trinajstić information content (AvgIpc) is 2.54. The third-order valence-corrected chi connectivity index (χ3v) is 2.96. The van der Waals surface area contributed by atoms with Crippen molar-refractivity contribution in [3.05, 3.63) is 60.2 Å². The number of anilines is 1. The van der Waals surface area contributed by atoms with Crippen LogP contribution in [0.15, 0.2) is 54.6 Å². The summed E-state index contributed by atoms with van der Waals surface area (Å²) in [5, 5.41) is 2.77. The second kappa shape index (κ2) is 7.88. The molecule has 4 heteroatoms. The first kappa shape index (κ1) is 15.6. The summed E-state index contributed by atoms with van der Waals surface area (Å²) in [6, 6.07) is 14.8. The zero-order valence-electron chi connectivity index (χ0n) is 12.7. The zero-order valence-corrected chi connectivity index (χ0v) is 12.7. The van der Waals surface area contributed by atoms with E-state index >= 15 is 0 Å². The van der Waals surface area contributed by atoms with Crippen LogP contribution in [0.2, 0.25) is 0 Å². The molecule has 0 atom stereocenters. The summed E-state index contributed by atoms with van der Waals surface area (Å²) >= 11 is 0. The average molecular weight is 297 g/mol. The van der Waals surface area contributed by atoms with Gasteiger partial charge >= 0.3 is 0 Å². The lowest BCUT2D eigenvalue weighted by molar-refractivity contribution is -0.118. The fraction of sp³-hybridized carbons (Fsp3) is 0.167. The number of ether oxygens (including phenoxy) is 2. The molecule has 0 aliphatic rings. The Bertz CT molecular complexity index is 651. The lowest BCUT2D eigenvalue weighted by Gasteiger charge is -2.11. The standard InChI is InChI=1S/C18H19NO3/c1-3-7-14-10-11-16(17(12-14)21-2)22-13-18(20)19-15-8-5-4-6-9-15/h3-12H,13H2,1-2H3,(H,19,20)/b7-3+. The molecule has 1 N–H and O–H groups in total. The van der Waals surface area contributed by atoms with Crippen LogP contribution < -0.4 is 14.8 Å². The topological polar surface area (TPSA) is 47.6 Å². The highest BCUT2D eigenvalue weighted by molar-refractivity contribution is 5.91. The van der Waals surface area contributed by atoms with Crippen LogP contribution in [-0.2, 0) is 4.79 Å². The van der Waals surface area contributed by atoms with Gasteiger partial charge in [-0.3, -0.25) is 4.79 Å². The molecular formula is C18H19NO3. The lowest BCUT2D eigenvalue weighted by Crippen LogP contribution is -2.20. The predicted octanol–water partition coefficient (Wildman–Crippen LogP) is 3.75. The number of carbonyl (C=O) groups is 1. The summed E-state index contributed by atoms with van der Waals surface area (Å²) in [4.78, 5) is 11.9. The molecule has 22 heavy (non-hydrogen) atoms. The minimum Gasteiger partial charge on any atom is -0.493 e. The Morgan fingerprint density at radius 2 is 1.91 bits per heavy atom. The molecule has 0 heterocycles. The van der Waals surface area contributed by atoms with Gasteiger partial charge in [-0.1, -0.05) is 36.4 Å². The molecule has 0 bridgehead atoms. The van der Waals surface area contributed by atoms with E-state index in [0.29, 0.717) is 11.5 Å². The summed E-state index contributed by atoms with van der Waals surface area (Å²) in [7, 11) is 1.58. The Balaban J connectivity index is 1.97. The Morgan fingerprint density at radius 3 is 2.59 bits per heavy atom. The van der Waals surface area contributed by atoms with Crippen LogP contribution in [0, 0.1) is 0 Å². The number of hydrogen-bond acceptors (Lipinski definition) is 3. The number of nitrogens with one attached hydrogen (secondary N) is 1. The fourth-order valence-corrected chi connectivity index (χ4v) is 1.96. The fourth-order valence-electron chi connectivity index (χ4n) is 1.96. The van der Waals surface area contributed by atoms with Crippen molar-refractivity contribution in [1.29, 1.82) is 0 Å². The van der Waals surface area contributed by atoms with Gasteiger partial charge < -0.3 is 14.8 Å². The number of hydrogen-bond donors (Lipinski definition) is 1. The van der Waals surface area contributed by atoms with Crippen molar-refractivity contribution in [1.82, 2.24) is 0 Å². The smallest absolute Gasteiger partial charge is 0.262 e. The van der Waals surface area contributed by atoms with Gasteiger partial charge in [0, 0.05) is 5.69 Å². The third kappa shape index (κ3) is 4.38. The van der Waals surface area contributed by atoms with Crippen molar-refractivity contribution < 1.29 is 14.3 Å². The number of para-hydroxylation sites is 1. The Kier molecular flexibility index (Phi) is 5.60. The first-order valence-electron chi connectivity index (χ1n) is 7.01. The van der Waals surface area contributed by atoms with Gasteiger partial charge in [0.25, 0.3) is 5.91 Å². The van der Waals surface area contributed by atoms with Crippen molar-refractivity contribution >= 4 is 17.7 Å². The van der Waals surface area contributed by atoms with E-state index in [1.807, 2.05) is 61.5 Å². The number of carbonyl (C=O) groups excluding carboxylic acids is 1. The van der Waals surface area contributed by atoms with Crippen LogP contribution in [0.5, 0.6) is 11.5 Å². The molecule has 0 saturated heterocycles. The number of rotatable bonds is 6. The molecule has 0 spiro atoms. The summed E-state index contributed by atoms with van der Waals surface area (Å²) in [6.45, 7) is 1.87. The van der Waals surface area contributed by atoms with E-state index in [4.69, 9.17) is 9.47 Å². The van der Waals surface area contributed by atoms with E-state index in [9.17, 15) is 4.79 Å². The van der Waals surface area contributed by atoms with Crippen molar-refractivity contribution in [3.63, 3.8) is 0 Å². The van der Waals surface area contributed by atoms with E-state index in [1.165, 1.54) is 0 Å². The maximum absolute atomic E-state index is 11.9. The summed E-state index contributed by atoms with van der Waals surface area (Å²) in [5.41, 5.74) is 1.76. The summed E-state index contributed by atoms with van der Waals surface area (Å²) < 4.78 is 10.8. The number of methoxy groups -OCH3 is 1. The SMILES string of the molecule is C/C=C/c1ccc(OCC(=O)Nc2ccccc2)c(OC)c1. The van der Waals surface area contributed by atoms with Gasteiger partial charge in [0.15, 0.2) is 18.1 Å². The van der Waals surface area contributed by atoms with Crippen LogP contribution in [0.1, 0.15) is 12.5 Å². The maximum atomic E-state index is 11.9. The number of allylic oxidation sites excluding steroid dienone is 1. The maximum Gasteiger partial charge on any atom is 0.262 e. The van der Waals surface area contributed by atoms with Crippen LogP contribution in [0.25, 0.3) is 6.08 Å². The van der Waals surface area contributed by atoms with Crippen molar-refractivity contribution in [3.8, 4) is 11.5 Å². The molecule has 0 aliphatic carbocycles. The van der Waals surface area contributed by atoms with Gasteiger partial charge in [-0.25, -0.2) is 0 Å². The molecular weight excluding hydrogens is 278 g/mol. The highest BCUT2D eigenvalue weighted by atomic mass is 16.5. The van der Waals surface area contributed by atoms with E-state index < -0.39 is 0 Å². The van der Waals surface area contributed by atoms with E-state index in [-0.39, 0.29) is 12.5 Å². The minimum absolute atomic E-state index is 0.0752. The minimum atomic E-state index is -0.217. The zero-order chi connectivity index (χ0) is 15.8. The number of amides is 1. The normalized spacial score (nSPS) is 10.5. The first-order valence-corrected chi connectivity index (χ1v) is 7.01. The molecule has 2 aromatic carbocycles. The highest BCUT2D eigenvalue weighted by Crippen LogP contribution is 2.28. The van der Waals surface area contributed by atoms with Gasteiger partial charge in [0.1, 0.15) is 0 Å². The van der Waals surface area contributed by atoms with E-state index in [2.05, 4.69) is 5.32 Å². The molecule has 0 saturated carbocycles. The quantitative estimate of drug-likeness (QED) is 0.883. The van der Waals surface area contributed by atoms with Crippen molar-refractivity contribution in [2.24, 2.45) is 0 Å². The molecule has 0 aliphatic heterocycles. The molecule has 2 aromatic rings. The lowest BCUT2D eigenvalue weighted by atomic mass is 10.2. The molecule has 4 nitrogen and oxygen atoms in total. The van der Waals surface area contributed by atoms with E-state index in [0.717, 1.165) is 11.3 Å². The molecule has 0 unspecified atom stereocenters. The molecule has 0 aromatic heterocycles. The highest BCUT2D eigenvalue weighted by Gasteiger charge is 2.08. The second-order valence-corrected chi connectivity index (χ2v) is 4.61. The molecule has 114 valence electrons. The van der Waals surface area contributed by atoms with Crippen molar-refractivity contribution in [2.45, 2.75) is 6.92 Å². The molecule has 1 amide bonds. The summed E-state index contributed by atoms with van der Waals surface area (Å²) in [5.74, 6) is 0.924. The van der Waals surface area contributed by atoms with E-state index in [1.54, 1.807) is 13.2 Å². The van der Waals surface area contributed by atoms with Gasteiger partial charge in [-0.05, 0) is 36.8 Å². The van der Waals surface area contributed by atoms with Crippen LogP contribution in [0.3, 0.4) is 0 Å². The van der Waals surface area contributed by atoms with Crippen LogP contribution >= 0.6 is 0 Å². The molecule has 0 fully saturated rings. The third-order valence-electron chi connectivity index (χ3n) is 2.96. The van der Waals surface area contributed by atoms with Crippen molar-refractivity contribution in [2.75, 3.05) is 19.0 Å². The molecule has 2 rings (SSSR count). The Morgan fingerprint density at radius 1 is 1.14 bits per heavy atom. The number of benzene rings is 2. The predicted molar refractivity (Wildman–Crippen MR) is 88.3 cm³/mol. The Labute approximate surface area is 130 Å². The monoisotopic (exact) mass is 297 g/mol. The van der Waals surface area contributed by atoms with Gasteiger partial charge in [0.2, 0.25) is 0 Å². The largest absolute Gasteiger partial charge is 0.493 e. The van der Waals surface area contributed by atoms with Gasteiger partial charge in [0.05, 0.1) is 7.11 Å².